The van der Waals surface area contributed by atoms with Crippen molar-refractivity contribution in [2.24, 2.45) is 0 Å². The topological polar surface area (TPSA) is 141 Å². The number of aryl methyl sites for hydroxylation is 3. The molecule has 4 rings (SSSR count). The molecule has 0 saturated carbocycles. The maximum atomic E-state index is 15.7. The average molecular weight is 743 g/mol. The molecule has 13 heteroatoms. The molecule has 10 nitrogen and oxygen atoms in total. The van der Waals surface area contributed by atoms with Crippen LogP contribution in [0.5, 0.6) is 0 Å². The quantitative estimate of drug-likeness (QED) is 0.165. The van der Waals surface area contributed by atoms with Gasteiger partial charge in [0.05, 0.1) is 18.6 Å². The van der Waals surface area contributed by atoms with Crippen molar-refractivity contribution in [3.05, 3.63) is 92.4 Å². The van der Waals surface area contributed by atoms with Crippen LogP contribution in [0, 0.1) is 32.4 Å². The highest BCUT2D eigenvalue weighted by Gasteiger charge is 2.30. The molecule has 1 aliphatic rings. The van der Waals surface area contributed by atoms with E-state index in [9.17, 15) is 33.8 Å². The molecule has 3 aromatic rings. The van der Waals surface area contributed by atoms with E-state index in [1.54, 1.807) is 32.2 Å². The molecule has 0 bridgehead atoms. The van der Waals surface area contributed by atoms with Crippen molar-refractivity contribution in [2.75, 3.05) is 19.6 Å². The molecule has 3 unspecified atom stereocenters. The third-order valence-corrected chi connectivity index (χ3v) is 9.84. The number of hydrogen-bond donors (Lipinski definition) is 4. The minimum Gasteiger partial charge on any atom is -0.481 e. The normalized spacial score (nSPS) is 15.8. The number of carboxylic acid groups (broad SMARTS) is 1. The summed E-state index contributed by atoms with van der Waals surface area (Å²) >= 11 is 0. The highest BCUT2D eigenvalue weighted by molar-refractivity contribution is 7.18. The van der Waals surface area contributed by atoms with Crippen molar-refractivity contribution < 1.29 is 33.4 Å². The predicted molar refractivity (Wildman–Crippen MR) is 203 cm³/mol. The Morgan fingerprint density at radius 1 is 0.981 bits per heavy atom. The number of benzene rings is 2. The van der Waals surface area contributed by atoms with Gasteiger partial charge in [0.1, 0.15) is 23.2 Å². The summed E-state index contributed by atoms with van der Waals surface area (Å²) in [5, 5.41) is 25.2. The molecule has 52 heavy (non-hydrogen) atoms. The maximum absolute atomic E-state index is 15.7. The van der Waals surface area contributed by atoms with Gasteiger partial charge in [-0.15, -0.1) is 9.24 Å². The van der Waals surface area contributed by atoms with Crippen molar-refractivity contribution in [3.63, 3.8) is 0 Å². The molecule has 2 aromatic carbocycles. The van der Waals surface area contributed by atoms with Crippen LogP contribution >= 0.6 is 9.24 Å². The van der Waals surface area contributed by atoms with Gasteiger partial charge in [-0.05, 0) is 123 Å². The van der Waals surface area contributed by atoms with Crippen LogP contribution in [0.1, 0.15) is 92.0 Å². The first-order chi connectivity index (χ1) is 24.5. The van der Waals surface area contributed by atoms with Gasteiger partial charge in [-0.2, -0.15) is 0 Å². The fourth-order valence-electron chi connectivity index (χ4n) is 6.48. The number of aliphatic hydroxyl groups excluding tert-OH is 1. The summed E-state index contributed by atoms with van der Waals surface area (Å²) in [5.41, 5.74) is 1.66. The Morgan fingerprint density at radius 3 is 2.17 bits per heavy atom. The van der Waals surface area contributed by atoms with Crippen molar-refractivity contribution in [1.82, 2.24) is 20.1 Å². The van der Waals surface area contributed by atoms with E-state index in [1.807, 2.05) is 13.8 Å². The lowest BCUT2D eigenvalue weighted by atomic mass is 9.90. The zero-order valence-corrected chi connectivity index (χ0v) is 32.3. The molecule has 284 valence electrons. The molecule has 1 aliphatic heterocycles. The number of aliphatic carboxylic acids is 1. The summed E-state index contributed by atoms with van der Waals surface area (Å²) < 4.78 is 31.2. The van der Waals surface area contributed by atoms with E-state index in [0.717, 1.165) is 25.9 Å². The van der Waals surface area contributed by atoms with Crippen molar-refractivity contribution >= 4 is 27.0 Å². The molecule has 1 aromatic heterocycles. The highest BCUT2D eigenvalue weighted by atomic mass is 31.0. The lowest BCUT2D eigenvalue weighted by molar-refractivity contribution is -0.138. The molecule has 0 spiro atoms. The summed E-state index contributed by atoms with van der Waals surface area (Å²) in [5.74, 6) is -4.20. The first-order valence-corrected chi connectivity index (χ1v) is 18.3. The molecule has 4 N–H and O–H groups in total. The van der Waals surface area contributed by atoms with E-state index >= 15 is 4.39 Å². The standard InChI is InChI=1S/C37H47F2N4O6P.C2H6/c1-21-16-26(38)17-22(2)32(21)25-15-23(3)33(39)28(19-25)29(20-31(45)46)40-35(48)30(18-24(4)44)41-34(47)27-7-6-10-43(36(27)49)14-13-42-11-8-37(5,50)9-12-42;1-2/h6-7,10,15-17,19,24,29-30,44H,8-9,11-14,18,20,50H2,1-5H3,(H,40,48)(H,41,47)(H,45,46);1-2H3/t24?,29?,30-;/m0./s1. The predicted octanol–water partition coefficient (Wildman–Crippen LogP) is 5.68. The van der Waals surface area contributed by atoms with Crippen molar-refractivity contribution in [2.45, 2.75) is 104 Å². The Balaban J connectivity index is 0.00000358. The molecular weight excluding hydrogens is 689 g/mol. The molecule has 0 aliphatic carbocycles. The summed E-state index contributed by atoms with van der Waals surface area (Å²) in [7, 11) is 2.90. The fourth-order valence-corrected chi connectivity index (χ4v) is 6.74. The molecular formula is C39H53F2N4O6P. The Morgan fingerprint density at radius 2 is 1.60 bits per heavy atom. The number of nitrogens with one attached hydrogen (secondary N) is 2. The Hall–Kier alpha value is -3.99. The van der Waals surface area contributed by atoms with E-state index in [0.29, 0.717) is 35.3 Å². The number of pyridine rings is 1. The molecule has 1 fully saturated rings. The summed E-state index contributed by atoms with van der Waals surface area (Å²) in [6.45, 7) is 15.3. The van der Waals surface area contributed by atoms with Gasteiger partial charge >= 0.3 is 5.97 Å². The number of rotatable bonds is 13. The molecule has 2 amide bonds. The van der Waals surface area contributed by atoms with Gasteiger partial charge in [-0.3, -0.25) is 19.2 Å². The first-order valence-electron chi connectivity index (χ1n) is 17.7. The highest BCUT2D eigenvalue weighted by Crippen LogP contribution is 2.34. The number of carbonyl (C=O) groups excluding carboxylic acids is 2. The van der Waals surface area contributed by atoms with Gasteiger partial charge in [-0.1, -0.05) is 20.8 Å². The largest absolute Gasteiger partial charge is 0.481 e. The molecule has 2 heterocycles. The maximum Gasteiger partial charge on any atom is 0.305 e. The molecule has 0 radical (unpaired) electrons. The van der Waals surface area contributed by atoms with E-state index in [2.05, 4.69) is 31.7 Å². The van der Waals surface area contributed by atoms with Gasteiger partial charge in [0.2, 0.25) is 5.91 Å². The Kier molecular flexibility index (Phi) is 15.2. The summed E-state index contributed by atoms with van der Waals surface area (Å²) in [6.07, 6.45) is 1.59. The number of halogens is 2. The van der Waals surface area contributed by atoms with Crippen LogP contribution in [-0.4, -0.2) is 74.4 Å². The van der Waals surface area contributed by atoms with Gasteiger partial charge in [0.15, 0.2) is 0 Å². The van der Waals surface area contributed by atoms with Crippen LogP contribution in [0.2, 0.25) is 0 Å². The average Bonchev–Trinajstić information content (AvgIpc) is 3.05. The van der Waals surface area contributed by atoms with Crippen LogP contribution in [0.3, 0.4) is 0 Å². The van der Waals surface area contributed by atoms with Gasteiger partial charge in [0, 0.05) is 31.3 Å². The number of carbonyl (C=O) groups is 3. The van der Waals surface area contributed by atoms with E-state index in [1.165, 1.54) is 42.7 Å². The number of carboxylic acids is 1. The van der Waals surface area contributed by atoms with E-state index < -0.39 is 59.6 Å². The SMILES string of the molecule is CC.Cc1cc(-c2c(C)cc(F)cc2C)cc(C(CC(=O)O)NC(=O)[C@H](CC(C)O)NC(=O)c2cccn(CCN3CCC(C)(P)CC3)c2=O)c1F. The minimum absolute atomic E-state index is 0.108. The van der Waals surface area contributed by atoms with Crippen LogP contribution in [-0.2, 0) is 16.1 Å². The van der Waals surface area contributed by atoms with E-state index in [-0.39, 0.29) is 28.3 Å². The number of nitrogens with zero attached hydrogens (tertiary/aromatic N) is 2. The van der Waals surface area contributed by atoms with Crippen molar-refractivity contribution in [3.8, 4) is 11.1 Å². The Labute approximate surface area is 307 Å². The summed E-state index contributed by atoms with van der Waals surface area (Å²) in [4.78, 5) is 54.7. The van der Waals surface area contributed by atoms with Crippen molar-refractivity contribution in [1.29, 1.82) is 0 Å². The summed E-state index contributed by atoms with van der Waals surface area (Å²) in [6, 6.07) is 5.84. The van der Waals surface area contributed by atoms with Crippen LogP contribution in [0.25, 0.3) is 11.1 Å². The monoisotopic (exact) mass is 742 g/mol. The minimum atomic E-state index is -1.39. The third-order valence-electron chi connectivity index (χ3n) is 9.26. The van der Waals surface area contributed by atoms with Gasteiger partial charge in [-0.25, -0.2) is 8.78 Å². The number of likely N-dealkylation sites (tertiary alicyclic amines) is 1. The first kappa shape index (κ1) is 42.4. The number of aliphatic hydroxyl groups is 1. The Bertz CT molecular complexity index is 1780. The fraction of sp³-hybridized carbons (Fsp3) is 0.487. The number of aromatic nitrogens is 1. The number of piperidine rings is 1. The van der Waals surface area contributed by atoms with Crippen LogP contribution in [0.15, 0.2) is 47.4 Å². The second-order valence-electron chi connectivity index (χ2n) is 13.8. The lowest BCUT2D eigenvalue weighted by Crippen LogP contribution is -2.50. The zero-order chi connectivity index (χ0) is 38.9. The van der Waals surface area contributed by atoms with Gasteiger partial charge < -0.3 is 30.3 Å². The molecule has 1 saturated heterocycles. The lowest BCUT2D eigenvalue weighted by Gasteiger charge is -2.36. The second-order valence-corrected chi connectivity index (χ2v) is 15.2. The van der Waals surface area contributed by atoms with Gasteiger partial charge in [0.25, 0.3) is 11.5 Å². The number of hydrogen-bond acceptors (Lipinski definition) is 6. The second kappa shape index (κ2) is 18.7. The zero-order valence-electron chi connectivity index (χ0n) is 31.2. The third kappa shape index (κ3) is 11.3. The van der Waals surface area contributed by atoms with Crippen LogP contribution < -0.4 is 16.2 Å². The number of amides is 2. The molecule has 4 atom stereocenters. The smallest absolute Gasteiger partial charge is 0.305 e. The van der Waals surface area contributed by atoms with Crippen LogP contribution in [0.4, 0.5) is 8.78 Å². The van der Waals surface area contributed by atoms with E-state index in [4.69, 9.17) is 0 Å².